The maximum absolute atomic E-state index is 12.5. The van der Waals surface area contributed by atoms with E-state index < -0.39 is 5.97 Å². The smallest absolute Gasteiger partial charge is 0.337 e. The number of carboxylic acid groups (broad SMARTS) is 1. The number of carbonyl (C=O) groups is 2. The Morgan fingerprint density at radius 3 is 2.45 bits per heavy atom. The predicted octanol–water partition coefficient (Wildman–Crippen LogP) is 4.28. The van der Waals surface area contributed by atoms with Crippen LogP contribution in [0, 0.1) is 0 Å². The van der Waals surface area contributed by atoms with Crippen LogP contribution in [0.2, 0.25) is 0 Å². The van der Waals surface area contributed by atoms with Crippen molar-refractivity contribution >= 4 is 33.5 Å². The highest BCUT2D eigenvalue weighted by Crippen LogP contribution is 2.25. The van der Waals surface area contributed by atoms with E-state index in [9.17, 15) is 14.7 Å². The number of anilines is 1. The highest BCUT2D eigenvalue weighted by Gasteiger charge is 2.20. The summed E-state index contributed by atoms with van der Waals surface area (Å²) in [6.45, 7) is 1.93. The van der Waals surface area contributed by atoms with Crippen molar-refractivity contribution in [1.29, 1.82) is 0 Å². The number of hydrogen-bond donors (Lipinski definition) is 2. The van der Waals surface area contributed by atoms with Crippen LogP contribution in [0.5, 0.6) is 0 Å². The third kappa shape index (κ3) is 3.74. The van der Waals surface area contributed by atoms with Crippen LogP contribution < -0.4 is 5.32 Å². The molecule has 0 saturated carbocycles. The van der Waals surface area contributed by atoms with Crippen LogP contribution in [0.15, 0.2) is 53.0 Å². The number of amides is 1. The van der Waals surface area contributed by atoms with Crippen LogP contribution in [-0.4, -0.2) is 17.0 Å². The Morgan fingerprint density at radius 2 is 1.86 bits per heavy atom. The first kappa shape index (κ1) is 16.2. The molecule has 0 aliphatic rings. The number of rotatable bonds is 5. The second kappa shape index (κ2) is 7.22. The summed E-state index contributed by atoms with van der Waals surface area (Å²) in [4.78, 5) is 23.8. The summed E-state index contributed by atoms with van der Waals surface area (Å²) in [5.41, 5.74) is 1.28. The fourth-order valence-corrected chi connectivity index (χ4v) is 2.64. The van der Waals surface area contributed by atoms with Crippen molar-refractivity contribution in [3.05, 3.63) is 64.1 Å². The maximum atomic E-state index is 12.5. The van der Waals surface area contributed by atoms with Crippen molar-refractivity contribution in [2.24, 2.45) is 0 Å². The standard InChI is InChI=1S/C17H16BrNO3/c1-2-13(11-6-4-3-5-7-11)16(20)19-15-9-8-12(18)10-14(15)17(21)22/h3-10,13H,2H2,1H3,(H,19,20)(H,21,22)/t13-/m0/s1. The molecule has 0 radical (unpaired) electrons. The lowest BCUT2D eigenvalue weighted by Crippen LogP contribution is -2.22. The van der Waals surface area contributed by atoms with Gasteiger partial charge in [0.2, 0.25) is 5.91 Å². The molecule has 0 aromatic heterocycles. The van der Waals surface area contributed by atoms with Crippen LogP contribution in [0.25, 0.3) is 0 Å². The lowest BCUT2D eigenvalue weighted by Gasteiger charge is -2.16. The van der Waals surface area contributed by atoms with Crippen LogP contribution in [0.4, 0.5) is 5.69 Å². The fourth-order valence-electron chi connectivity index (χ4n) is 2.28. The van der Waals surface area contributed by atoms with Crippen LogP contribution >= 0.6 is 15.9 Å². The molecule has 0 aliphatic carbocycles. The van der Waals surface area contributed by atoms with E-state index in [1.807, 2.05) is 37.3 Å². The lowest BCUT2D eigenvalue weighted by atomic mass is 9.95. The first-order valence-corrected chi connectivity index (χ1v) is 7.71. The van der Waals surface area contributed by atoms with Gasteiger partial charge in [-0.25, -0.2) is 4.79 Å². The zero-order chi connectivity index (χ0) is 16.1. The highest BCUT2D eigenvalue weighted by atomic mass is 79.9. The van der Waals surface area contributed by atoms with Gasteiger partial charge in [-0.1, -0.05) is 53.2 Å². The zero-order valence-electron chi connectivity index (χ0n) is 12.0. The lowest BCUT2D eigenvalue weighted by molar-refractivity contribution is -0.117. The van der Waals surface area contributed by atoms with E-state index in [1.54, 1.807) is 12.1 Å². The summed E-state index contributed by atoms with van der Waals surface area (Å²) in [6.07, 6.45) is 0.634. The summed E-state index contributed by atoms with van der Waals surface area (Å²) in [5, 5.41) is 12.0. The van der Waals surface area contributed by atoms with Gasteiger partial charge in [-0.3, -0.25) is 4.79 Å². The predicted molar refractivity (Wildman–Crippen MR) is 89.2 cm³/mol. The summed E-state index contributed by atoms with van der Waals surface area (Å²) < 4.78 is 0.651. The molecule has 2 N–H and O–H groups in total. The summed E-state index contributed by atoms with van der Waals surface area (Å²) in [5.74, 6) is -1.60. The second-order valence-electron chi connectivity index (χ2n) is 4.86. The van der Waals surface area contributed by atoms with Gasteiger partial charge in [0.1, 0.15) is 0 Å². The molecule has 4 nitrogen and oxygen atoms in total. The van der Waals surface area contributed by atoms with Gasteiger partial charge in [0, 0.05) is 4.47 Å². The molecule has 0 bridgehead atoms. The van der Waals surface area contributed by atoms with Crippen LogP contribution in [-0.2, 0) is 4.79 Å². The quantitative estimate of drug-likeness (QED) is 0.834. The highest BCUT2D eigenvalue weighted by molar-refractivity contribution is 9.10. The molecule has 2 rings (SSSR count). The van der Waals surface area contributed by atoms with Gasteiger partial charge < -0.3 is 10.4 Å². The van der Waals surface area contributed by atoms with E-state index in [0.29, 0.717) is 16.6 Å². The summed E-state index contributed by atoms with van der Waals surface area (Å²) in [6, 6.07) is 14.2. The average molecular weight is 362 g/mol. The average Bonchev–Trinajstić information content (AvgIpc) is 2.50. The monoisotopic (exact) mass is 361 g/mol. The number of benzene rings is 2. The zero-order valence-corrected chi connectivity index (χ0v) is 13.6. The molecule has 1 amide bonds. The Bertz CT molecular complexity index is 686. The van der Waals surface area contributed by atoms with Gasteiger partial charge in [0.25, 0.3) is 0 Å². The van der Waals surface area contributed by atoms with E-state index in [2.05, 4.69) is 21.2 Å². The molecule has 0 fully saturated rings. The number of carboxylic acids is 1. The minimum absolute atomic E-state index is 0.0608. The molecule has 1 atom stereocenters. The van der Waals surface area contributed by atoms with Gasteiger partial charge in [-0.15, -0.1) is 0 Å². The van der Waals surface area contributed by atoms with E-state index in [-0.39, 0.29) is 17.4 Å². The largest absolute Gasteiger partial charge is 0.478 e. The first-order valence-electron chi connectivity index (χ1n) is 6.91. The van der Waals surface area contributed by atoms with Gasteiger partial charge in [-0.05, 0) is 30.2 Å². The fraction of sp³-hybridized carbons (Fsp3) is 0.176. The molecule has 0 saturated heterocycles. The van der Waals surface area contributed by atoms with Crippen molar-refractivity contribution in [3.8, 4) is 0 Å². The summed E-state index contributed by atoms with van der Waals surface area (Å²) in [7, 11) is 0. The molecule has 5 heteroatoms. The maximum Gasteiger partial charge on any atom is 0.337 e. The van der Waals surface area contributed by atoms with Gasteiger partial charge in [-0.2, -0.15) is 0 Å². The second-order valence-corrected chi connectivity index (χ2v) is 5.77. The van der Waals surface area contributed by atoms with Crippen molar-refractivity contribution in [2.45, 2.75) is 19.3 Å². The number of halogens is 1. The number of aromatic carboxylic acids is 1. The van der Waals surface area contributed by atoms with E-state index >= 15 is 0 Å². The normalized spacial score (nSPS) is 11.7. The Kier molecular flexibility index (Phi) is 5.33. The minimum atomic E-state index is -1.08. The molecule has 0 aliphatic heterocycles. The molecular formula is C17H16BrNO3. The van der Waals surface area contributed by atoms with E-state index in [0.717, 1.165) is 5.56 Å². The molecule has 0 spiro atoms. The molecule has 0 unspecified atom stereocenters. The number of carbonyl (C=O) groups excluding carboxylic acids is 1. The molecule has 114 valence electrons. The Labute approximate surface area is 137 Å². The Balaban J connectivity index is 2.26. The SMILES string of the molecule is CC[C@H](C(=O)Nc1ccc(Br)cc1C(=O)O)c1ccccc1. The van der Waals surface area contributed by atoms with Crippen molar-refractivity contribution in [2.75, 3.05) is 5.32 Å². The molecule has 0 heterocycles. The Morgan fingerprint density at radius 1 is 1.18 bits per heavy atom. The molecular weight excluding hydrogens is 346 g/mol. The molecule has 22 heavy (non-hydrogen) atoms. The van der Waals surface area contributed by atoms with E-state index in [4.69, 9.17) is 0 Å². The van der Waals surface area contributed by atoms with Crippen LogP contribution in [0.1, 0.15) is 35.2 Å². The van der Waals surface area contributed by atoms with E-state index in [1.165, 1.54) is 6.07 Å². The summed E-state index contributed by atoms with van der Waals surface area (Å²) >= 11 is 3.23. The molecule has 2 aromatic carbocycles. The van der Waals surface area contributed by atoms with Crippen molar-refractivity contribution < 1.29 is 14.7 Å². The van der Waals surface area contributed by atoms with Crippen LogP contribution in [0.3, 0.4) is 0 Å². The minimum Gasteiger partial charge on any atom is -0.478 e. The Hall–Kier alpha value is -2.14. The topological polar surface area (TPSA) is 66.4 Å². The third-order valence-electron chi connectivity index (χ3n) is 3.40. The van der Waals surface area contributed by atoms with Crippen molar-refractivity contribution in [1.82, 2.24) is 0 Å². The first-order chi connectivity index (χ1) is 10.5. The number of hydrogen-bond acceptors (Lipinski definition) is 2. The van der Waals surface area contributed by atoms with Gasteiger partial charge in [0.15, 0.2) is 0 Å². The number of nitrogens with one attached hydrogen (secondary N) is 1. The molecule has 2 aromatic rings. The third-order valence-corrected chi connectivity index (χ3v) is 3.89. The van der Waals surface area contributed by atoms with Gasteiger partial charge >= 0.3 is 5.97 Å². The van der Waals surface area contributed by atoms with Crippen molar-refractivity contribution in [3.63, 3.8) is 0 Å². The van der Waals surface area contributed by atoms with Gasteiger partial charge in [0.05, 0.1) is 17.2 Å².